The Morgan fingerprint density at radius 2 is 2.04 bits per heavy atom. The first kappa shape index (κ1) is 18.2. The van der Waals surface area contributed by atoms with E-state index in [1.54, 1.807) is 0 Å². The standard InChI is InChI=1S/C20H24ClN3S/c1-15(17-6-3-2-4-7-17)24-11-10-16(14-24)13-22-20(25)23-19-9-5-8-18(21)12-19/h2-9,12,15-16H,10-11,13-14H2,1H3,(H2,22,23,25)/t15-,16+/m0/s1. The van der Waals surface area contributed by atoms with Gasteiger partial charge in [-0.15, -0.1) is 0 Å². The molecule has 1 aliphatic heterocycles. The molecule has 25 heavy (non-hydrogen) atoms. The Balaban J connectivity index is 1.44. The molecule has 0 saturated carbocycles. The van der Waals surface area contributed by atoms with E-state index in [1.807, 2.05) is 24.3 Å². The topological polar surface area (TPSA) is 27.3 Å². The van der Waals surface area contributed by atoms with E-state index in [2.05, 4.69) is 52.8 Å². The molecule has 132 valence electrons. The molecule has 2 N–H and O–H groups in total. The van der Waals surface area contributed by atoms with Gasteiger partial charge < -0.3 is 10.6 Å². The molecule has 2 aromatic rings. The van der Waals surface area contributed by atoms with Gasteiger partial charge in [0.1, 0.15) is 0 Å². The number of halogens is 1. The average molecular weight is 374 g/mol. The van der Waals surface area contributed by atoms with E-state index >= 15 is 0 Å². The van der Waals surface area contributed by atoms with E-state index in [1.165, 1.54) is 12.0 Å². The van der Waals surface area contributed by atoms with Gasteiger partial charge in [-0.3, -0.25) is 4.90 Å². The molecule has 5 heteroatoms. The molecule has 0 bridgehead atoms. The number of nitrogens with zero attached hydrogens (tertiary/aromatic N) is 1. The minimum absolute atomic E-state index is 0.461. The summed E-state index contributed by atoms with van der Waals surface area (Å²) < 4.78 is 0. The van der Waals surface area contributed by atoms with Crippen LogP contribution in [-0.4, -0.2) is 29.6 Å². The van der Waals surface area contributed by atoms with E-state index in [-0.39, 0.29) is 0 Å². The molecule has 0 amide bonds. The molecule has 1 saturated heterocycles. The van der Waals surface area contributed by atoms with Crippen LogP contribution in [0.3, 0.4) is 0 Å². The van der Waals surface area contributed by atoms with Crippen LogP contribution in [0.4, 0.5) is 5.69 Å². The Hall–Kier alpha value is -1.62. The van der Waals surface area contributed by atoms with Gasteiger partial charge >= 0.3 is 0 Å². The van der Waals surface area contributed by atoms with Gasteiger partial charge in [0.05, 0.1) is 0 Å². The third kappa shape index (κ3) is 5.18. The summed E-state index contributed by atoms with van der Waals surface area (Å²) in [7, 11) is 0. The largest absolute Gasteiger partial charge is 0.362 e. The summed E-state index contributed by atoms with van der Waals surface area (Å²) in [6, 6.07) is 18.8. The van der Waals surface area contributed by atoms with Crippen molar-refractivity contribution < 1.29 is 0 Å². The lowest BCUT2D eigenvalue weighted by Crippen LogP contribution is -2.34. The fourth-order valence-electron chi connectivity index (χ4n) is 3.30. The van der Waals surface area contributed by atoms with Crippen LogP contribution in [0.25, 0.3) is 0 Å². The van der Waals surface area contributed by atoms with Crippen LogP contribution in [0.15, 0.2) is 54.6 Å². The fraction of sp³-hybridized carbons (Fsp3) is 0.350. The maximum Gasteiger partial charge on any atom is 0.170 e. The number of rotatable bonds is 5. The Kier molecular flexibility index (Phi) is 6.29. The number of nitrogens with one attached hydrogen (secondary N) is 2. The van der Waals surface area contributed by atoms with Gasteiger partial charge in [0.15, 0.2) is 5.11 Å². The molecular formula is C20H24ClN3S. The molecule has 1 fully saturated rings. The smallest absolute Gasteiger partial charge is 0.170 e. The molecule has 3 rings (SSSR count). The predicted octanol–water partition coefficient (Wildman–Crippen LogP) is 4.71. The number of hydrogen-bond acceptors (Lipinski definition) is 2. The summed E-state index contributed by atoms with van der Waals surface area (Å²) in [6.45, 7) is 5.42. The lowest BCUT2D eigenvalue weighted by Gasteiger charge is -2.25. The zero-order chi connectivity index (χ0) is 17.6. The Morgan fingerprint density at radius 3 is 2.80 bits per heavy atom. The number of benzene rings is 2. The summed E-state index contributed by atoms with van der Waals surface area (Å²) in [4.78, 5) is 2.55. The predicted molar refractivity (Wildman–Crippen MR) is 110 cm³/mol. The van der Waals surface area contributed by atoms with Crippen LogP contribution in [-0.2, 0) is 0 Å². The van der Waals surface area contributed by atoms with E-state index in [0.717, 1.165) is 25.3 Å². The molecule has 1 heterocycles. The summed E-state index contributed by atoms with van der Waals surface area (Å²) >= 11 is 11.4. The van der Waals surface area contributed by atoms with E-state index in [0.29, 0.717) is 22.1 Å². The molecule has 3 nitrogen and oxygen atoms in total. The second-order valence-electron chi connectivity index (χ2n) is 6.58. The number of hydrogen-bond donors (Lipinski definition) is 2. The van der Waals surface area contributed by atoms with Crippen molar-refractivity contribution in [2.45, 2.75) is 19.4 Å². The van der Waals surface area contributed by atoms with Crippen LogP contribution in [0.1, 0.15) is 24.9 Å². The third-order valence-corrected chi connectivity index (χ3v) is 5.26. The maximum atomic E-state index is 6.00. The lowest BCUT2D eigenvalue weighted by atomic mass is 10.1. The maximum absolute atomic E-state index is 6.00. The van der Waals surface area contributed by atoms with Crippen LogP contribution in [0.5, 0.6) is 0 Å². The van der Waals surface area contributed by atoms with Gasteiger partial charge in [-0.1, -0.05) is 48.0 Å². The monoisotopic (exact) mass is 373 g/mol. The van der Waals surface area contributed by atoms with Crippen molar-refractivity contribution in [3.63, 3.8) is 0 Å². The number of likely N-dealkylation sites (tertiary alicyclic amines) is 1. The van der Waals surface area contributed by atoms with Crippen molar-refractivity contribution >= 4 is 34.6 Å². The highest BCUT2D eigenvalue weighted by Gasteiger charge is 2.26. The van der Waals surface area contributed by atoms with E-state index < -0.39 is 0 Å². The molecule has 0 aliphatic carbocycles. The molecule has 0 spiro atoms. The number of thiocarbonyl (C=S) groups is 1. The molecule has 1 aliphatic rings. The molecule has 2 aromatic carbocycles. The normalized spacial score (nSPS) is 18.7. The first-order chi connectivity index (χ1) is 12.1. The molecule has 0 aromatic heterocycles. The van der Waals surface area contributed by atoms with Crippen molar-refractivity contribution in [2.24, 2.45) is 5.92 Å². The Morgan fingerprint density at radius 1 is 1.24 bits per heavy atom. The van der Waals surface area contributed by atoms with Gasteiger partial charge in [-0.25, -0.2) is 0 Å². The number of anilines is 1. The average Bonchev–Trinajstić information content (AvgIpc) is 3.09. The SMILES string of the molecule is C[C@@H](c1ccccc1)N1CC[C@H](CNC(=S)Nc2cccc(Cl)c2)C1. The van der Waals surface area contributed by atoms with Gasteiger partial charge in [0.25, 0.3) is 0 Å². The quantitative estimate of drug-likeness (QED) is 0.742. The lowest BCUT2D eigenvalue weighted by molar-refractivity contribution is 0.253. The van der Waals surface area contributed by atoms with Crippen LogP contribution in [0, 0.1) is 5.92 Å². The van der Waals surface area contributed by atoms with Gasteiger partial charge in [0, 0.05) is 29.8 Å². The van der Waals surface area contributed by atoms with Crippen LogP contribution < -0.4 is 10.6 Å². The fourth-order valence-corrected chi connectivity index (χ4v) is 3.69. The third-order valence-electron chi connectivity index (χ3n) is 4.78. The van der Waals surface area contributed by atoms with Crippen LogP contribution >= 0.6 is 23.8 Å². The van der Waals surface area contributed by atoms with E-state index in [4.69, 9.17) is 23.8 Å². The molecule has 2 atom stereocenters. The highest BCUT2D eigenvalue weighted by atomic mass is 35.5. The van der Waals surface area contributed by atoms with Crippen molar-refractivity contribution in [2.75, 3.05) is 25.0 Å². The summed E-state index contributed by atoms with van der Waals surface area (Å²) in [6.07, 6.45) is 1.20. The van der Waals surface area contributed by atoms with Gasteiger partial charge in [-0.05, 0) is 61.8 Å². The second kappa shape index (κ2) is 8.65. The van der Waals surface area contributed by atoms with Crippen molar-refractivity contribution in [1.82, 2.24) is 10.2 Å². The minimum Gasteiger partial charge on any atom is -0.362 e. The Bertz CT molecular complexity index is 707. The van der Waals surface area contributed by atoms with Crippen molar-refractivity contribution in [3.05, 3.63) is 65.2 Å². The summed E-state index contributed by atoms with van der Waals surface area (Å²) in [5, 5.41) is 7.88. The zero-order valence-corrected chi connectivity index (χ0v) is 16.0. The van der Waals surface area contributed by atoms with Gasteiger partial charge in [-0.2, -0.15) is 0 Å². The van der Waals surface area contributed by atoms with Crippen LogP contribution in [0.2, 0.25) is 5.02 Å². The zero-order valence-electron chi connectivity index (χ0n) is 14.4. The first-order valence-electron chi connectivity index (χ1n) is 8.71. The minimum atomic E-state index is 0.461. The molecule has 0 radical (unpaired) electrons. The summed E-state index contributed by atoms with van der Waals surface area (Å²) in [5.74, 6) is 0.616. The first-order valence-corrected chi connectivity index (χ1v) is 9.50. The van der Waals surface area contributed by atoms with E-state index in [9.17, 15) is 0 Å². The second-order valence-corrected chi connectivity index (χ2v) is 7.43. The molecular weight excluding hydrogens is 350 g/mol. The summed E-state index contributed by atoms with van der Waals surface area (Å²) in [5.41, 5.74) is 2.30. The highest BCUT2D eigenvalue weighted by Crippen LogP contribution is 2.26. The van der Waals surface area contributed by atoms with Crippen molar-refractivity contribution in [3.8, 4) is 0 Å². The highest BCUT2D eigenvalue weighted by molar-refractivity contribution is 7.80. The van der Waals surface area contributed by atoms with Crippen molar-refractivity contribution in [1.29, 1.82) is 0 Å². The Labute approximate surface area is 160 Å². The van der Waals surface area contributed by atoms with Gasteiger partial charge in [0.2, 0.25) is 0 Å². The molecule has 0 unspecified atom stereocenters.